The van der Waals surface area contributed by atoms with Gasteiger partial charge in [-0.05, 0) is 72.8 Å². The van der Waals surface area contributed by atoms with Crippen molar-refractivity contribution in [1.29, 1.82) is 0 Å². The van der Waals surface area contributed by atoms with Crippen LogP contribution in [0.3, 0.4) is 0 Å². The molecule has 1 atom stereocenters. The van der Waals surface area contributed by atoms with Gasteiger partial charge in [-0.2, -0.15) is 0 Å². The first-order valence-electron chi connectivity index (χ1n) is 9.36. The Kier molecular flexibility index (Phi) is 3.09. The number of amidine groups is 1. The van der Waals surface area contributed by atoms with Crippen LogP contribution in [0, 0.1) is 17.8 Å². The predicted molar refractivity (Wildman–Crippen MR) is 93.3 cm³/mol. The van der Waals surface area contributed by atoms with Gasteiger partial charge in [-0.15, -0.1) is 0 Å². The quantitative estimate of drug-likeness (QED) is 0.878. The van der Waals surface area contributed by atoms with Gasteiger partial charge in [0.1, 0.15) is 6.17 Å². The van der Waals surface area contributed by atoms with Crippen molar-refractivity contribution in [1.82, 2.24) is 5.32 Å². The molecule has 23 heavy (non-hydrogen) atoms. The van der Waals surface area contributed by atoms with Crippen molar-refractivity contribution in [2.24, 2.45) is 28.5 Å². The van der Waals surface area contributed by atoms with Crippen LogP contribution in [0.2, 0.25) is 0 Å². The average Bonchev–Trinajstić information content (AvgIpc) is 2.54. The summed E-state index contributed by atoms with van der Waals surface area (Å²) >= 11 is 0. The Bertz CT molecular complexity index is 596. The minimum Gasteiger partial charge on any atom is -0.387 e. The summed E-state index contributed by atoms with van der Waals surface area (Å²) in [7, 11) is 0. The third-order valence-electron chi connectivity index (χ3n) is 6.89. The van der Waals surface area contributed by atoms with Crippen molar-refractivity contribution >= 4 is 5.84 Å². The van der Waals surface area contributed by atoms with Crippen molar-refractivity contribution in [2.75, 3.05) is 6.54 Å². The summed E-state index contributed by atoms with van der Waals surface area (Å²) in [5, 5.41) is 3.45. The van der Waals surface area contributed by atoms with E-state index in [1.807, 2.05) is 0 Å². The number of hydrogen-bond acceptors (Lipinski definition) is 3. The van der Waals surface area contributed by atoms with E-state index in [9.17, 15) is 0 Å². The molecule has 4 saturated carbocycles. The molecule has 0 saturated heterocycles. The number of rotatable bonds is 2. The highest BCUT2D eigenvalue weighted by atomic mass is 15.1. The summed E-state index contributed by atoms with van der Waals surface area (Å²) in [6.45, 7) is 0.927. The topological polar surface area (TPSA) is 50.4 Å². The van der Waals surface area contributed by atoms with E-state index in [0.717, 1.165) is 36.6 Å². The van der Waals surface area contributed by atoms with Crippen molar-refractivity contribution in [3.63, 3.8) is 0 Å². The Balaban J connectivity index is 1.43. The van der Waals surface area contributed by atoms with Crippen molar-refractivity contribution in [3.8, 4) is 0 Å². The van der Waals surface area contributed by atoms with Crippen molar-refractivity contribution in [2.45, 2.75) is 56.5 Å². The summed E-state index contributed by atoms with van der Waals surface area (Å²) in [6, 6.07) is 9.36. The fourth-order valence-corrected chi connectivity index (χ4v) is 6.29. The Hall–Kier alpha value is -1.35. The lowest BCUT2D eigenvalue weighted by atomic mass is 9.48. The van der Waals surface area contributed by atoms with E-state index in [2.05, 4.69) is 34.6 Å². The summed E-state index contributed by atoms with van der Waals surface area (Å²) in [5.41, 5.74) is 9.24. The molecule has 3 N–H and O–H groups in total. The number of hydrogen-bond donors (Lipinski definition) is 2. The number of nitrogens with two attached hydrogens (primary N) is 1. The summed E-state index contributed by atoms with van der Waals surface area (Å²) in [6.07, 6.45) is 9.75. The van der Waals surface area contributed by atoms with E-state index in [1.54, 1.807) is 5.56 Å². The molecular weight excluding hydrogens is 282 g/mol. The number of nitrogens with one attached hydrogen (secondary N) is 1. The van der Waals surface area contributed by atoms with Gasteiger partial charge < -0.3 is 5.73 Å². The number of aliphatic imine (C=N–C) groups is 1. The molecule has 4 aliphatic carbocycles. The largest absolute Gasteiger partial charge is 0.387 e. The first kappa shape index (κ1) is 14.0. The fraction of sp³-hybridized carbons (Fsp3) is 0.650. The smallest absolute Gasteiger partial charge is 0.127 e. The molecule has 6 rings (SSSR count). The van der Waals surface area contributed by atoms with Crippen LogP contribution in [0.4, 0.5) is 0 Å². The van der Waals surface area contributed by atoms with Gasteiger partial charge in [0.25, 0.3) is 0 Å². The Morgan fingerprint density at radius 3 is 2.13 bits per heavy atom. The van der Waals surface area contributed by atoms with E-state index < -0.39 is 0 Å². The molecule has 0 aromatic heterocycles. The number of benzene rings is 1. The molecule has 0 spiro atoms. The highest BCUT2D eigenvalue weighted by Gasteiger charge is 2.51. The minimum atomic E-state index is 0.0502. The van der Waals surface area contributed by atoms with Crippen LogP contribution >= 0.6 is 0 Å². The highest BCUT2D eigenvalue weighted by Crippen LogP contribution is 2.60. The predicted octanol–water partition coefficient (Wildman–Crippen LogP) is 3.50. The van der Waals surface area contributed by atoms with Gasteiger partial charge in [0.15, 0.2) is 0 Å². The van der Waals surface area contributed by atoms with Gasteiger partial charge in [0.05, 0.1) is 5.84 Å². The van der Waals surface area contributed by atoms with Crippen molar-refractivity contribution in [3.05, 3.63) is 35.4 Å². The van der Waals surface area contributed by atoms with E-state index >= 15 is 0 Å². The summed E-state index contributed by atoms with van der Waals surface area (Å²) in [4.78, 5) is 4.56. The zero-order chi connectivity index (χ0) is 15.4. The lowest BCUT2D eigenvalue weighted by molar-refractivity contribution is -0.00519. The third-order valence-corrected chi connectivity index (χ3v) is 6.89. The van der Waals surface area contributed by atoms with Crippen LogP contribution in [-0.4, -0.2) is 12.4 Å². The van der Waals surface area contributed by atoms with E-state index in [0.29, 0.717) is 5.41 Å². The Labute approximate surface area is 138 Å². The second-order valence-corrected chi connectivity index (χ2v) is 8.55. The highest BCUT2D eigenvalue weighted by molar-refractivity contribution is 5.81. The SMILES string of the molecule is NC1=NC(c2ccc(C34CC5CC(CC(C5)C3)C4)cc2)NCC1. The minimum absolute atomic E-state index is 0.0502. The van der Waals surface area contributed by atoms with Crippen LogP contribution < -0.4 is 11.1 Å². The normalized spacial score (nSPS) is 41.8. The average molecular weight is 309 g/mol. The van der Waals surface area contributed by atoms with Crippen LogP contribution in [0.15, 0.2) is 29.3 Å². The van der Waals surface area contributed by atoms with Crippen LogP contribution in [0.5, 0.6) is 0 Å². The molecule has 1 aromatic carbocycles. The first-order valence-corrected chi connectivity index (χ1v) is 9.36. The van der Waals surface area contributed by atoms with Crippen LogP contribution in [0.25, 0.3) is 0 Å². The maximum atomic E-state index is 5.90. The molecule has 3 heteroatoms. The first-order chi connectivity index (χ1) is 11.2. The Morgan fingerprint density at radius 1 is 0.957 bits per heavy atom. The van der Waals surface area contributed by atoms with Gasteiger partial charge >= 0.3 is 0 Å². The maximum absolute atomic E-state index is 5.90. The molecule has 4 bridgehead atoms. The molecule has 3 nitrogen and oxygen atoms in total. The van der Waals surface area contributed by atoms with E-state index in [-0.39, 0.29) is 6.17 Å². The Morgan fingerprint density at radius 2 is 1.57 bits per heavy atom. The van der Waals surface area contributed by atoms with Gasteiger partial charge in [0, 0.05) is 13.0 Å². The molecule has 1 unspecified atom stereocenters. The molecule has 1 aliphatic heterocycles. The molecule has 1 aromatic rings. The third kappa shape index (κ3) is 2.32. The fourth-order valence-electron chi connectivity index (χ4n) is 6.29. The van der Waals surface area contributed by atoms with Crippen molar-refractivity contribution < 1.29 is 0 Å². The number of nitrogens with zero attached hydrogens (tertiary/aromatic N) is 1. The lowest BCUT2D eigenvalue weighted by Crippen LogP contribution is -2.48. The standard InChI is InChI=1S/C20H27N3/c21-18-5-6-22-19(23-18)16-1-3-17(4-2-16)20-10-13-7-14(11-20)9-15(8-13)12-20/h1-4,13-15,19,22H,5-12H2,(H2,21,23). The molecule has 4 fully saturated rings. The lowest BCUT2D eigenvalue weighted by Gasteiger charge is -2.57. The van der Waals surface area contributed by atoms with Gasteiger partial charge in [0.2, 0.25) is 0 Å². The summed E-state index contributed by atoms with van der Waals surface area (Å²) in [5.74, 6) is 3.79. The second kappa shape index (κ2) is 5.07. The van der Waals surface area contributed by atoms with Crippen LogP contribution in [-0.2, 0) is 5.41 Å². The van der Waals surface area contributed by atoms with Gasteiger partial charge in [-0.1, -0.05) is 24.3 Å². The molecule has 0 amide bonds. The zero-order valence-corrected chi connectivity index (χ0v) is 13.8. The second-order valence-electron chi connectivity index (χ2n) is 8.55. The zero-order valence-electron chi connectivity index (χ0n) is 13.8. The maximum Gasteiger partial charge on any atom is 0.127 e. The molecular formula is C20H27N3. The van der Waals surface area contributed by atoms with Crippen LogP contribution in [0.1, 0.15) is 62.2 Å². The molecule has 122 valence electrons. The van der Waals surface area contributed by atoms with E-state index in [4.69, 9.17) is 5.73 Å². The molecule has 1 heterocycles. The van der Waals surface area contributed by atoms with Gasteiger partial charge in [-0.25, -0.2) is 4.99 Å². The molecule has 5 aliphatic rings. The van der Waals surface area contributed by atoms with Gasteiger partial charge in [-0.3, -0.25) is 5.32 Å². The molecule has 0 radical (unpaired) electrons. The monoisotopic (exact) mass is 309 g/mol. The summed E-state index contributed by atoms with van der Waals surface area (Å²) < 4.78 is 0. The van der Waals surface area contributed by atoms with E-state index in [1.165, 1.54) is 44.1 Å².